The first kappa shape index (κ1) is 24.7. The maximum atomic E-state index is 13.1. The van der Waals surface area contributed by atoms with Gasteiger partial charge < -0.3 is 10.1 Å². The first-order chi connectivity index (χ1) is 16.9. The average molecular weight is 498 g/mol. The number of hydrogen-bond acceptors (Lipinski definition) is 5. The van der Waals surface area contributed by atoms with Crippen LogP contribution in [0, 0.1) is 5.82 Å². The summed E-state index contributed by atoms with van der Waals surface area (Å²) in [7, 11) is -2.24. The Morgan fingerprint density at radius 3 is 2.20 bits per heavy atom. The summed E-state index contributed by atoms with van der Waals surface area (Å²) in [5.74, 6) is 0.0438. The number of ether oxygens (including phenoxy) is 1. The van der Waals surface area contributed by atoms with Crippen LogP contribution in [0.1, 0.15) is 34.8 Å². The fourth-order valence-corrected chi connectivity index (χ4v) is 5.20. The zero-order chi connectivity index (χ0) is 24.8. The minimum Gasteiger partial charge on any atom is -0.497 e. The summed E-state index contributed by atoms with van der Waals surface area (Å²) >= 11 is 0. The second kappa shape index (κ2) is 10.9. The molecule has 7 nitrogen and oxygen atoms in total. The molecule has 3 aromatic carbocycles. The van der Waals surface area contributed by atoms with Crippen molar-refractivity contribution in [2.75, 3.05) is 31.5 Å². The van der Waals surface area contributed by atoms with Crippen LogP contribution in [-0.2, 0) is 10.0 Å². The molecule has 184 valence electrons. The SMILES string of the molecule is COc1ccc(C(CNC(=O)c2ccc(S(=O)(=O)Nc3ccc(F)cc3)cc2)N2CCCC2)cc1. The lowest BCUT2D eigenvalue weighted by Crippen LogP contribution is -2.36. The van der Waals surface area contributed by atoms with E-state index in [1.54, 1.807) is 7.11 Å². The molecule has 1 unspecified atom stereocenters. The van der Waals surface area contributed by atoms with E-state index >= 15 is 0 Å². The Morgan fingerprint density at radius 1 is 0.971 bits per heavy atom. The van der Waals surface area contributed by atoms with Crippen molar-refractivity contribution in [2.24, 2.45) is 0 Å². The van der Waals surface area contributed by atoms with Crippen LogP contribution in [-0.4, -0.2) is 46.0 Å². The van der Waals surface area contributed by atoms with Crippen molar-refractivity contribution in [3.8, 4) is 5.75 Å². The fraction of sp³-hybridized carbons (Fsp3) is 0.269. The molecular weight excluding hydrogens is 469 g/mol. The third-order valence-electron chi connectivity index (χ3n) is 6.06. The molecule has 1 aliphatic rings. The Morgan fingerprint density at radius 2 is 1.60 bits per heavy atom. The topological polar surface area (TPSA) is 87.7 Å². The smallest absolute Gasteiger partial charge is 0.261 e. The van der Waals surface area contributed by atoms with Gasteiger partial charge in [-0.05, 0) is 92.2 Å². The summed E-state index contributed by atoms with van der Waals surface area (Å²) in [6.07, 6.45) is 2.25. The van der Waals surface area contributed by atoms with Crippen molar-refractivity contribution < 1.29 is 22.3 Å². The molecule has 35 heavy (non-hydrogen) atoms. The summed E-state index contributed by atoms with van der Waals surface area (Å²) in [6, 6.07) is 18.6. The van der Waals surface area contributed by atoms with E-state index in [0.29, 0.717) is 12.1 Å². The number of benzene rings is 3. The number of anilines is 1. The van der Waals surface area contributed by atoms with Gasteiger partial charge in [-0.25, -0.2) is 12.8 Å². The highest BCUT2D eigenvalue weighted by atomic mass is 32.2. The molecule has 0 saturated carbocycles. The minimum absolute atomic E-state index is 0.00607. The van der Waals surface area contributed by atoms with Crippen LogP contribution < -0.4 is 14.8 Å². The van der Waals surface area contributed by atoms with E-state index in [1.807, 2.05) is 24.3 Å². The largest absolute Gasteiger partial charge is 0.497 e. The van der Waals surface area contributed by atoms with E-state index < -0.39 is 15.8 Å². The van der Waals surface area contributed by atoms with Gasteiger partial charge >= 0.3 is 0 Å². The van der Waals surface area contributed by atoms with E-state index in [4.69, 9.17) is 4.74 Å². The van der Waals surface area contributed by atoms with E-state index in [9.17, 15) is 17.6 Å². The number of carbonyl (C=O) groups is 1. The molecular formula is C26H28FN3O4S. The summed E-state index contributed by atoms with van der Waals surface area (Å²) < 4.78 is 45.9. The van der Waals surface area contributed by atoms with Crippen LogP contribution in [0.15, 0.2) is 77.7 Å². The lowest BCUT2D eigenvalue weighted by Gasteiger charge is -2.28. The number of rotatable bonds is 9. The lowest BCUT2D eigenvalue weighted by molar-refractivity contribution is 0.0937. The molecule has 0 spiro atoms. The predicted octanol–water partition coefficient (Wildman–Crippen LogP) is 4.20. The van der Waals surface area contributed by atoms with E-state index in [2.05, 4.69) is 14.9 Å². The predicted molar refractivity (Wildman–Crippen MR) is 133 cm³/mol. The second-order valence-corrected chi connectivity index (χ2v) is 10.1. The number of methoxy groups -OCH3 is 1. The summed E-state index contributed by atoms with van der Waals surface area (Å²) in [6.45, 7) is 2.37. The van der Waals surface area contributed by atoms with Gasteiger partial charge in [0.25, 0.3) is 15.9 Å². The molecule has 0 aliphatic carbocycles. The number of halogens is 1. The van der Waals surface area contributed by atoms with E-state index in [1.165, 1.54) is 48.5 Å². The average Bonchev–Trinajstić information content (AvgIpc) is 3.40. The van der Waals surface area contributed by atoms with Crippen LogP contribution in [0.25, 0.3) is 0 Å². The Bertz CT molecular complexity index is 1240. The van der Waals surface area contributed by atoms with E-state index in [0.717, 1.165) is 37.2 Å². The van der Waals surface area contributed by atoms with Gasteiger partial charge in [0.2, 0.25) is 0 Å². The van der Waals surface area contributed by atoms with Gasteiger partial charge in [-0.2, -0.15) is 0 Å². The van der Waals surface area contributed by atoms with Crippen LogP contribution in [0.5, 0.6) is 5.75 Å². The molecule has 1 saturated heterocycles. The first-order valence-electron chi connectivity index (χ1n) is 11.4. The van der Waals surface area contributed by atoms with Gasteiger partial charge in [0, 0.05) is 17.8 Å². The number of nitrogens with one attached hydrogen (secondary N) is 2. The molecule has 9 heteroatoms. The van der Waals surface area contributed by atoms with Gasteiger partial charge in [-0.3, -0.25) is 14.4 Å². The quantitative estimate of drug-likeness (QED) is 0.463. The van der Waals surface area contributed by atoms with Crippen LogP contribution in [0.4, 0.5) is 10.1 Å². The lowest BCUT2D eigenvalue weighted by atomic mass is 10.0. The Balaban J connectivity index is 1.42. The molecule has 1 fully saturated rings. The van der Waals surface area contributed by atoms with Gasteiger partial charge in [0.15, 0.2) is 0 Å². The second-order valence-electron chi connectivity index (χ2n) is 8.38. The maximum absolute atomic E-state index is 13.1. The van der Waals surface area contributed by atoms with Gasteiger partial charge in [0.05, 0.1) is 18.0 Å². The zero-order valence-electron chi connectivity index (χ0n) is 19.4. The van der Waals surface area contributed by atoms with Crippen molar-refractivity contribution >= 4 is 21.6 Å². The highest BCUT2D eigenvalue weighted by Gasteiger charge is 2.24. The van der Waals surface area contributed by atoms with Crippen molar-refractivity contribution in [1.29, 1.82) is 0 Å². The number of carbonyl (C=O) groups excluding carboxylic acids is 1. The molecule has 2 N–H and O–H groups in total. The highest BCUT2D eigenvalue weighted by Crippen LogP contribution is 2.26. The van der Waals surface area contributed by atoms with Crippen LogP contribution >= 0.6 is 0 Å². The number of sulfonamides is 1. The fourth-order valence-electron chi connectivity index (χ4n) is 4.15. The van der Waals surface area contributed by atoms with Crippen molar-refractivity contribution in [1.82, 2.24) is 10.2 Å². The monoisotopic (exact) mass is 497 g/mol. The van der Waals surface area contributed by atoms with Crippen LogP contribution in [0.2, 0.25) is 0 Å². The number of nitrogens with zero attached hydrogens (tertiary/aromatic N) is 1. The van der Waals surface area contributed by atoms with Crippen molar-refractivity contribution in [3.63, 3.8) is 0 Å². The minimum atomic E-state index is -3.87. The molecule has 1 atom stereocenters. The van der Waals surface area contributed by atoms with E-state index in [-0.39, 0.29) is 22.5 Å². The summed E-state index contributed by atoms with van der Waals surface area (Å²) in [5.41, 5.74) is 1.71. The van der Waals surface area contributed by atoms with Gasteiger partial charge in [-0.15, -0.1) is 0 Å². The molecule has 1 heterocycles. The van der Waals surface area contributed by atoms with Crippen LogP contribution in [0.3, 0.4) is 0 Å². The van der Waals surface area contributed by atoms with Crippen molar-refractivity contribution in [3.05, 3.63) is 89.7 Å². The summed E-state index contributed by atoms with van der Waals surface area (Å²) in [4.78, 5) is 15.2. The van der Waals surface area contributed by atoms with Gasteiger partial charge in [0.1, 0.15) is 11.6 Å². The molecule has 0 aromatic heterocycles. The Kier molecular flexibility index (Phi) is 7.67. The maximum Gasteiger partial charge on any atom is 0.261 e. The zero-order valence-corrected chi connectivity index (χ0v) is 20.2. The Labute approximate surface area is 205 Å². The van der Waals surface area contributed by atoms with Gasteiger partial charge in [-0.1, -0.05) is 12.1 Å². The molecule has 3 aromatic rings. The molecule has 1 amide bonds. The number of amides is 1. The third kappa shape index (κ3) is 6.17. The molecule has 0 bridgehead atoms. The summed E-state index contributed by atoms with van der Waals surface area (Å²) in [5, 5.41) is 2.99. The number of likely N-dealkylation sites (tertiary alicyclic amines) is 1. The van der Waals surface area contributed by atoms with Crippen molar-refractivity contribution in [2.45, 2.75) is 23.8 Å². The molecule has 0 radical (unpaired) electrons. The number of hydrogen-bond donors (Lipinski definition) is 2. The highest BCUT2D eigenvalue weighted by molar-refractivity contribution is 7.92. The first-order valence-corrected chi connectivity index (χ1v) is 12.9. The standard InChI is InChI=1S/C26H28FN3O4S/c1-34-23-12-4-19(5-13-23)25(30-16-2-3-17-30)18-28-26(31)20-6-14-24(15-7-20)35(32,33)29-22-10-8-21(27)9-11-22/h4-15,25,29H,2-3,16-18H2,1H3,(H,28,31). The third-order valence-corrected chi connectivity index (χ3v) is 7.46. The molecule has 1 aliphatic heterocycles. The molecule has 4 rings (SSSR count). The Hall–Kier alpha value is -3.43. The normalized spacial score (nSPS) is 14.9.